The largest absolute Gasteiger partial charge is 0.494 e. The van der Waals surface area contributed by atoms with Crippen molar-refractivity contribution in [2.24, 2.45) is 0 Å². The summed E-state index contributed by atoms with van der Waals surface area (Å²) < 4.78 is 18.3. The zero-order chi connectivity index (χ0) is 14.4. The molecule has 2 aromatic rings. The van der Waals surface area contributed by atoms with E-state index >= 15 is 0 Å². The molecule has 0 fully saturated rings. The van der Waals surface area contributed by atoms with Crippen LogP contribution in [0.5, 0.6) is 5.75 Å². The van der Waals surface area contributed by atoms with Gasteiger partial charge in [0.05, 0.1) is 7.11 Å². The smallest absolute Gasteiger partial charge is 0.224 e. The fourth-order valence-corrected chi connectivity index (χ4v) is 1.87. The lowest BCUT2D eigenvalue weighted by Gasteiger charge is -2.07. The second kappa shape index (κ2) is 6.70. The van der Waals surface area contributed by atoms with Crippen LogP contribution >= 0.6 is 0 Å². The molecule has 0 unspecified atom stereocenters. The minimum atomic E-state index is -0.492. The summed E-state index contributed by atoms with van der Waals surface area (Å²) in [5, 5.41) is 2.67. The van der Waals surface area contributed by atoms with Crippen molar-refractivity contribution in [3.05, 3.63) is 59.9 Å². The molecule has 4 heteroatoms. The standard InChI is InChI=1S/C16H16FNO2/c1-20-15-9-8-13(11-14(15)17)18-16(19)10-7-12-5-3-2-4-6-12/h2-6,8-9,11H,7,10H2,1H3,(H,18,19). The lowest BCUT2D eigenvalue weighted by molar-refractivity contribution is -0.116. The van der Waals surface area contributed by atoms with E-state index in [0.29, 0.717) is 18.5 Å². The van der Waals surface area contributed by atoms with Crippen LogP contribution in [-0.2, 0) is 11.2 Å². The molecule has 0 atom stereocenters. The predicted molar refractivity (Wildman–Crippen MR) is 76.3 cm³/mol. The van der Waals surface area contributed by atoms with E-state index in [1.165, 1.54) is 19.2 Å². The molecular weight excluding hydrogens is 257 g/mol. The average Bonchev–Trinajstić information content (AvgIpc) is 2.46. The molecular formula is C16H16FNO2. The third kappa shape index (κ3) is 3.82. The molecule has 20 heavy (non-hydrogen) atoms. The van der Waals surface area contributed by atoms with Gasteiger partial charge in [0.1, 0.15) is 0 Å². The molecule has 0 radical (unpaired) electrons. The first-order valence-electron chi connectivity index (χ1n) is 6.36. The minimum Gasteiger partial charge on any atom is -0.494 e. The molecule has 104 valence electrons. The maximum Gasteiger partial charge on any atom is 0.224 e. The molecule has 1 N–H and O–H groups in total. The highest BCUT2D eigenvalue weighted by molar-refractivity contribution is 5.90. The van der Waals surface area contributed by atoms with Crippen LogP contribution in [0.4, 0.5) is 10.1 Å². The van der Waals surface area contributed by atoms with Gasteiger partial charge >= 0.3 is 0 Å². The fourth-order valence-electron chi connectivity index (χ4n) is 1.87. The van der Waals surface area contributed by atoms with Crippen LogP contribution in [0.15, 0.2) is 48.5 Å². The van der Waals surface area contributed by atoms with Gasteiger partial charge in [-0.25, -0.2) is 4.39 Å². The van der Waals surface area contributed by atoms with Gasteiger partial charge < -0.3 is 10.1 Å². The normalized spacial score (nSPS) is 10.1. The molecule has 0 spiro atoms. The van der Waals surface area contributed by atoms with Gasteiger partial charge in [0.25, 0.3) is 0 Å². The number of benzene rings is 2. The highest BCUT2D eigenvalue weighted by Crippen LogP contribution is 2.20. The third-order valence-electron chi connectivity index (χ3n) is 2.92. The summed E-state index contributed by atoms with van der Waals surface area (Å²) in [6, 6.07) is 14.1. The SMILES string of the molecule is COc1ccc(NC(=O)CCc2ccccc2)cc1F. The highest BCUT2D eigenvalue weighted by Gasteiger charge is 2.07. The Morgan fingerprint density at radius 3 is 2.60 bits per heavy atom. The van der Waals surface area contributed by atoms with Gasteiger partial charge in [-0.1, -0.05) is 30.3 Å². The van der Waals surface area contributed by atoms with E-state index in [1.807, 2.05) is 30.3 Å². The number of hydrogen-bond acceptors (Lipinski definition) is 2. The third-order valence-corrected chi connectivity index (χ3v) is 2.92. The van der Waals surface area contributed by atoms with E-state index in [2.05, 4.69) is 5.32 Å². The van der Waals surface area contributed by atoms with Crippen LogP contribution in [-0.4, -0.2) is 13.0 Å². The first-order valence-corrected chi connectivity index (χ1v) is 6.36. The van der Waals surface area contributed by atoms with Gasteiger partial charge in [-0.3, -0.25) is 4.79 Å². The van der Waals surface area contributed by atoms with Crippen molar-refractivity contribution in [3.63, 3.8) is 0 Å². The number of amides is 1. The fraction of sp³-hybridized carbons (Fsp3) is 0.188. The predicted octanol–water partition coefficient (Wildman–Crippen LogP) is 3.41. The second-order valence-corrected chi connectivity index (χ2v) is 4.38. The van der Waals surface area contributed by atoms with E-state index < -0.39 is 5.82 Å². The molecule has 0 saturated heterocycles. The number of anilines is 1. The summed E-state index contributed by atoms with van der Waals surface area (Å²) in [6.45, 7) is 0. The van der Waals surface area contributed by atoms with Crippen LogP contribution in [0, 0.1) is 5.82 Å². The Hall–Kier alpha value is -2.36. The Kier molecular flexibility index (Phi) is 4.71. The van der Waals surface area contributed by atoms with Crippen molar-refractivity contribution >= 4 is 11.6 Å². The minimum absolute atomic E-state index is 0.140. The Bertz CT molecular complexity index is 584. The number of aryl methyl sites for hydroxylation is 1. The zero-order valence-electron chi connectivity index (χ0n) is 11.2. The molecule has 0 heterocycles. The Morgan fingerprint density at radius 2 is 1.95 bits per heavy atom. The lowest BCUT2D eigenvalue weighted by Crippen LogP contribution is -2.12. The molecule has 0 aliphatic heterocycles. The van der Waals surface area contributed by atoms with Crippen LogP contribution in [0.1, 0.15) is 12.0 Å². The average molecular weight is 273 g/mol. The molecule has 2 rings (SSSR count). The van der Waals surface area contributed by atoms with E-state index in [1.54, 1.807) is 6.07 Å². The maximum atomic E-state index is 13.5. The van der Waals surface area contributed by atoms with Crippen molar-refractivity contribution < 1.29 is 13.9 Å². The van der Waals surface area contributed by atoms with E-state index in [0.717, 1.165) is 5.56 Å². The van der Waals surface area contributed by atoms with Gasteiger partial charge in [-0.05, 0) is 24.1 Å². The van der Waals surface area contributed by atoms with Crippen LogP contribution in [0.2, 0.25) is 0 Å². The van der Waals surface area contributed by atoms with E-state index in [9.17, 15) is 9.18 Å². The van der Waals surface area contributed by atoms with Crippen molar-refractivity contribution in [1.82, 2.24) is 0 Å². The number of nitrogens with one attached hydrogen (secondary N) is 1. The molecule has 2 aromatic carbocycles. The Morgan fingerprint density at radius 1 is 1.20 bits per heavy atom. The summed E-state index contributed by atoms with van der Waals surface area (Å²) >= 11 is 0. The molecule has 0 bridgehead atoms. The van der Waals surface area contributed by atoms with Crippen molar-refractivity contribution in [2.75, 3.05) is 12.4 Å². The van der Waals surface area contributed by atoms with Gasteiger partial charge in [-0.2, -0.15) is 0 Å². The van der Waals surface area contributed by atoms with Gasteiger partial charge in [-0.15, -0.1) is 0 Å². The summed E-state index contributed by atoms with van der Waals surface area (Å²) in [6.07, 6.45) is 1.02. The van der Waals surface area contributed by atoms with Gasteiger partial charge in [0.15, 0.2) is 11.6 Å². The molecule has 1 amide bonds. The van der Waals surface area contributed by atoms with Crippen molar-refractivity contribution in [2.45, 2.75) is 12.8 Å². The summed E-state index contributed by atoms with van der Waals surface area (Å²) in [4.78, 5) is 11.8. The zero-order valence-corrected chi connectivity index (χ0v) is 11.2. The highest BCUT2D eigenvalue weighted by atomic mass is 19.1. The molecule has 0 aliphatic carbocycles. The number of hydrogen-bond donors (Lipinski definition) is 1. The molecule has 3 nitrogen and oxygen atoms in total. The van der Waals surface area contributed by atoms with Crippen molar-refractivity contribution in [1.29, 1.82) is 0 Å². The monoisotopic (exact) mass is 273 g/mol. The first-order chi connectivity index (χ1) is 9.69. The first kappa shape index (κ1) is 14.1. The number of rotatable bonds is 5. The van der Waals surface area contributed by atoms with Crippen LogP contribution < -0.4 is 10.1 Å². The van der Waals surface area contributed by atoms with Crippen LogP contribution in [0.25, 0.3) is 0 Å². The van der Waals surface area contributed by atoms with Crippen LogP contribution in [0.3, 0.4) is 0 Å². The lowest BCUT2D eigenvalue weighted by atomic mass is 10.1. The number of ether oxygens (including phenoxy) is 1. The second-order valence-electron chi connectivity index (χ2n) is 4.38. The Labute approximate surface area is 117 Å². The van der Waals surface area contributed by atoms with Crippen molar-refractivity contribution in [3.8, 4) is 5.75 Å². The number of methoxy groups -OCH3 is 1. The topological polar surface area (TPSA) is 38.3 Å². The summed E-state index contributed by atoms with van der Waals surface area (Å²) in [5.41, 5.74) is 1.53. The van der Waals surface area contributed by atoms with Gasteiger partial charge in [0, 0.05) is 18.2 Å². The maximum absolute atomic E-state index is 13.5. The molecule has 0 aromatic heterocycles. The van der Waals surface area contributed by atoms with E-state index in [-0.39, 0.29) is 11.7 Å². The number of halogens is 1. The summed E-state index contributed by atoms with van der Waals surface area (Å²) in [5.74, 6) is -0.473. The summed E-state index contributed by atoms with van der Waals surface area (Å²) in [7, 11) is 1.40. The number of carbonyl (C=O) groups excluding carboxylic acids is 1. The number of carbonyl (C=O) groups is 1. The molecule has 0 aliphatic rings. The van der Waals surface area contributed by atoms with Gasteiger partial charge in [0.2, 0.25) is 5.91 Å². The molecule has 0 saturated carbocycles. The van der Waals surface area contributed by atoms with E-state index in [4.69, 9.17) is 4.74 Å². The quantitative estimate of drug-likeness (QED) is 0.906. The Balaban J connectivity index is 1.90.